The quantitative estimate of drug-likeness (QED) is 0.589. The van der Waals surface area contributed by atoms with E-state index in [0.717, 1.165) is 12.8 Å². The molecule has 0 saturated carbocycles. The van der Waals surface area contributed by atoms with E-state index in [1.165, 1.54) is 0 Å². The lowest BCUT2D eigenvalue weighted by Crippen LogP contribution is -2.03. The Hall–Kier alpha value is -0.970. The number of anilines is 2. The Morgan fingerprint density at radius 2 is 1.71 bits per heavy atom. The maximum Gasteiger partial charge on any atom is 0.191 e. The van der Waals surface area contributed by atoms with Gasteiger partial charge in [0.05, 0.1) is 0 Å². The lowest BCUT2D eigenvalue weighted by atomic mass is 10.3. The molecule has 1 aromatic rings. The molecule has 78 valence electrons. The van der Waals surface area contributed by atoms with Gasteiger partial charge in [-0.1, -0.05) is 25.6 Å². The van der Waals surface area contributed by atoms with Gasteiger partial charge in [0.25, 0.3) is 0 Å². The van der Waals surface area contributed by atoms with Crippen molar-refractivity contribution in [2.45, 2.75) is 37.1 Å². The Morgan fingerprint density at radius 3 is 2.14 bits per heavy atom. The van der Waals surface area contributed by atoms with Crippen LogP contribution in [0.2, 0.25) is 0 Å². The Labute approximate surface area is 88.5 Å². The molecule has 4 nitrogen and oxygen atoms in total. The summed E-state index contributed by atoms with van der Waals surface area (Å²) < 4.78 is 0. The first-order chi connectivity index (χ1) is 6.65. The van der Waals surface area contributed by atoms with Gasteiger partial charge in [-0.25, -0.2) is 9.97 Å². The molecule has 0 spiro atoms. The van der Waals surface area contributed by atoms with Crippen LogP contribution in [-0.4, -0.2) is 15.2 Å². The number of nitrogens with zero attached hydrogens (tertiary/aromatic N) is 2. The topological polar surface area (TPSA) is 77.8 Å². The lowest BCUT2D eigenvalue weighted by Gasteiger charge is -2.10. The largest absolute Gasteiger partial charge is 0.383 e. The zero-order valence-corrected chi connectivity index (χ0v) is 9.34. The normalized spacial score (nSPS) is 10.8. The number of aromatic nitrogens is 2. The van der Waals surface area contributed by atoms with Gasteiger partial charge in [-0.05, 0) is 12.8 Å². The van der Waals surface area contributed by atoms with E-state index in [2.05, 4.69) is 23.8 Å². The monoisotopic (exact) mass is 212 g/mol. The molecule has 0 aliphatic heterocycles. The van der Waals surface area contributed by atoms with E-state index in [-0.39, 0.29) is 0 Å². The molecular weight excluding hydrogens is 196 g/mol. The molecule has 1 rings (SSSR count). The van der Waals surface area contributed by atoms with Gasteiger partial charge in [0.2, 0.25) is 0 Å². The molecule has 0 atom stereocenters. The van der Waals surface area contributed by atoms with Crippen molar-refractivity contribution in [3.63, 3.8) is 0 Å². The second-order valence-corrected chi connectivity index (χ2v) is 4.32. The molecule has 0 saturated heterocycles. The highest BCUT2D eigenvalue weighted by molar-refractivity contribution is 7.99. The molecular formula is C9H16N4S. The fraction of sp³-hybridized carbons (Fsp3) is 0.556. The zero-order valence-electron chi connectivity index (χ0n) is 8.53. The molecule has 4 N–H and O–H groups in total. The summed E-state index contributed by atoms with van der Waals surface area (Å²) in [6.07, 6.45) is 2.19. The van der Waals surface area contributed by atoms with Gasteiger partial charge >= 0.3 is 0 Å². The second-order valence-electron chi connectivity index (χ2n) is 3.06. The Morgan fingerprint density at radius 1 is 1.21 bits per heavy atom. The van der Waals surface area contributed by atoms with Crippen molar-refractivity contribution >= 4 is 23.4 Å². The van der Waals surface area contributed by atoms with Crippen molar-refractivity contribution in [3.05, 3.63) is 6.07 Å². The van der Waals surface area contributed by atoms with Crippen LogP contribution in [0.3, 0.4) is 0 Å². The van der Waals surface area contributed by atoms with Crippen molar-refractivity contribution in [3.8, 4) is 0 Å². The summed E-state index contributed by atoms with van der Waals surface area (Å²) in [4.78, 5) is 8.24. The average Bonchev–Trinajstić information content (AvgIpc) is 2.12. The van der Waals surface area contributed by atoms with E-state index in [9.17, 15) is 0 Å². The molecule has 0 radical (unpaired) electrons. The molecule has 0 aliphatic rings. The summed E-state index contributed by atoms with van der Waals surface area (Å²) in [5.74, 6) is 0.872. The highest BCUT2D eigenvalue weighted by Crippen LogP contribution is 2.25. The van der Waals surface area contributed by atoms with Crippen LogP contribution in [0.5, 0.6) is 0 Å². The van der Waals surface area contributed by atoms with Gasteiger partial charge in [-0.3, -0.25) is 0 Å². The highest BCUT2D eigenvalue weighted by Gasteiger charge is 2.08. The van der Waals surface area contributed by atoms with Gasteiger partial charge in [0, 0.05) is 11.3 Å². The maximum atomic E-state index is 5.57. The van der Waals surface area contributed by atoms with Crippen LogP contribution in [0.4, 0.5) is 11.6 Å². The van der Waals surface area contributed by atoms with Crippen molar-refractivity contribution < 1.29 is 0 Å². The van der Waals surface area contributed by atoms with Crippen LogP contribution in [0.25, 0.3) is 0 Å². The third-order valence-electron chi connectivity index (χ3n) is 1.93. The van der Waals surface area contributed by atoms with E-state index >= 15 is 0 Å². The van der Waals surface area contributed by atoms with Crippen LogP contribution >= 0.6 is 11.8 Å². The van der Waals surface area contributed by atoms with Gasteiger partial charge in [-0.15, -0.1) is 0 Å². The molecule has 5 heteroatoms. The first-order valence-electron chi connectivity index (χ1n) is 4.72. The summed E-state index contributed by atoms with van der Waals surface area (Å²) in [6, 6.07) is 1.57. The Kier molecular flexibility index (Phi) is 4.00. The van der Waals surface area contributed by atoms with E-state index in [1.54, 1.807) is 17.8 Å². The number of rotatable bonds is 4. The summed E-state index contributed by atoms with van der Waals surface area (Å²) in [5, 5.41) is 1.22. The summed E-state index contributed by atoms with van der Waals surface area (Å²) >= 11 is 1.63. The molecule has 0 bridgehead atoms. The lowest BCUT2D eigenvalue weighted by molar-refractivity contribution is 0.786. The smallest absolute Gasteiger partial charge is 0.191 e. The summed E-state index contributed by atoms with van der Waals surface area (Å²) in [7, 11) is 0. The number of thioether (sulfide) groups is 1. The van der Waals surface area contributed by atoms with Gasteiger partial charge in [0.1, 0.15) is 11.6 Å². The van der Waals surface area contributed by atoms with Crippen LogP contribution in [-0.2, 0) is 0 Å². The van der Waals surface area contributed by atoms with Crippen molar-refractivity contribution in [1.82, 2.24) is 9.97 Å². The molecule has 0 aromatic carbocycles. The molecule has 0 amide bonds. The van der Waals surface area contributed by atoms with Gasteiger partial charge in [-0.2, -0.15) is 0 Å². The first kappa shape index (κ1) is 11.1. The van der Waals surface area contributed by atoms with E-state index in [4.69, 9.17) is 11.5 Å². The molecule has 14 heavy (non-hydrogen) atoms. The summed E-state index contributed by atoms with van der Waals surface area (Å²) in [5.41, 5.74) is 11.1. The summed E-state index contributed by atoms with van der Waals surface area (Å²) in [6.45, 7) is 4.30. The van der Waals surface area contributed by atoms with Crippen molar-refractivity contribution in [1.29, 1.82) is 0 Å². The van der Waals surface area contributed by atoms with Crippen molar-refractivity contribution in [2.75, 3.05) is 11.5 Å². The number of hydrogen-bond acceptors (Lipinski definition) is 5. The van der Waals surface area contributed by atoms with Crippen LogP contribution in [0.1, 0.15) is 26.7 Å². The zero-order chi connectivity index (χ0) is 10.6. The Balaban J connectivity index is 2.75. The fourth-order valence-corrected chi connectivity index (χ4v) is 2.07. The maximum absolute atomic E-state index is 5.57. The minimum Gasteiger partial charge on any atom is -0.383 e. The van der Waals surface area contributed by atoms with E-state index < -0.39 is 0 Å². The third-order valence-corrected chi connectivity index (χ3v) is 3.32. The predicted molar refractivity (Wildman–Crippen MR) is 61.1 cm³/mol. The third kappa shape index (κ3) is 3.06. The number of hydrogen-bond donors (Lipinski definition) is 2. The molecule has 0 fully saturated rings. The van der Waals surface area contributed by atoms with Gasteiger partial charge < -0.3 is 11.5 Å². The minimum absolute atomic E-state index is 0.436. The second kappa shape index (κ2) is 5.05. The predicted octanol–water partition coefficient (Wildman–Crippen LogP) is 1.92. The molecule has 0 aliphatic carbocycles. The standard InChI is InChI=1S/C9H16N4S/c1-3-6(4-2)14-9-12-7(10)5-8(11)13-9/h5-6H,3-4H2,1-2H3,(H4,10,11,12,13). The number of nitrogen functional groups attached to an aromatic ring is 2. The fourth-order valence-electron chi connectivity index (χ4n) is 1.12. The van der Waals surface area contributed by atoms with Crippen LogP contribution in [0, 0.1) is 0 Å². The number of nitrogens with two attached hydrogens (primary N) is 2. The van der Waals surface area contributed by atoms with E-state index in [1.807, 2.05) is 0 Å². The average molecular weight is 212 g/mol. The van der Waals surface area contributed by atoms with Crippen molar-refractivity contribution in [2.24, 2.45) is 0 Å². The Bertz CT molecular complexity index is 279. The molecule has 1 heterocycles. The van der Waals surface area contributed by atoms with Crippen LogP contribution < -0.4 is 11.5 Å². The van der Waals surface area contributed by atoms with Gasteiger partial charge in [0.15, 0.2) is 5.16 Å². The molecule has 1 aromatic heterocycles. The van der Waals surface area contributed by atoms with E-state index in [0.29, 0.717) is 22.0 Å². The SMILES string of the molecule is CCC(CC)Sc1nc(N)cc(N)n1. The highest BCUT2D eigenvalue weighted by atomic mass is 32.2. The first-order valence-corrected chi connectivity index (χ1v) is 5.60. The van der Waals surface area contributed by atoms with Crippen LogP contribution in [0.15, 0.2) is 11.2 Å². The molecule has 0 unspecified atom stereocenters. The minimum atomic E-state index is 0.436.